The van der Waals surface area contributed by atoms with Gasteiger partial charge in [0, 0.05) is 38.1 Å². The van der Waals surface area contributed by atoms with E-state index in [9.17, 15) is 4.79 Å². The van der Waals surface area contributed by atoms with E-state index in [-0.39, 0.29) is 12.0 Å². The Morgan fingerprint density at radius 2 is 1.93 bits per heavy atom. The Hall–Kier alpha value is -2.64. The van der Waals surface area contributed by atoms with Crippen LogP contribution in [0.5, 0.6) is 5.75 Å². The molecule has 1 amide bonds. The van der Waals surface area contributed by atoms with Crippen molar-refractivity contribution in [2.75, 3.05) is 44.7 Å². The summed E-state index contributed by atoms with van der Waals surface area (Å²) in [5, 5.41) is 6.22. The van der Waals surface area contributed by atoms with Crippen LogP contribution in [-0.4, -0.2) is 61.3 Å². The maximum Gasteiger partial charge on any atom is 0.252 e. The molecule has 2 N–H and O–H groups in total. The first-order valence-corrected chi connectivity index (χ1v) is 9.67. The molecular formula is C21H28N4O3. The second-order valence-electron chi connectivity index (χ2n) is 6.99. The van der Waals surface area contributed by atoms with Crippen LogP contribution < -0.4 is 15.4 Å². The maximum absolute atomic E-state index is 12.4. The largest absolute Gasteiger partial charge is 0.491 e. The predicted octanol–water partition coefficient (Wildman–Crippen LogP) is 2.67. The molecule has 1 aliphatic heterocycles. The van der Waals surface area contributed by atoms with Gasteiger partial charge in [0.1, 0.15) is 5.75 Å². The van der Waals surface area contributed by atoms with E-state index in [0.717, 1.165) is 50.0 Å². The lowest BCUT2D eigenvalue weighted by Gasteiger charge is -2.26. The molecule has 1 saturated heterocycles. The van der Waals surface area contributed by atoms with Crippen molar-refractivity contribution in [1.82, 2.24) is 15.2 Å². The molecule has 28 heavy (non-hydrogen) atoms. The summed E-state index contributed by atoms with van der Waals surface area (Å²) in [6, 6.07) is 9.51. The standard InChI is InChI=1S/C21H28N4O3/c1-16(2)28-20-5-3-18(4-6-20)24-19-13-17(14-22-15-19)21(26)23-7-8-25-9-11-27-12-10-25/h3-6,13-16,24H,7-12H2,1-2H3,(H,23,26). The van der Waals surface area contributed by atoms with Crippen molar-refractivity contribution < 1.29 is 14.3 Å². The van der Waals surface area contributed by atoms with E-state index in [4.69, 9.17) is 9.47 Å². The second-order valence-corrected chi connectivity index (χ2v) is 6.99. The Balaban J connectivity index is 1.52. The van der Waals surface area contributed by atoms with Gasteiger partial charge in [-0.25, -0.2) is 0 Å². The number of nitrogens with one attached hydrogen (secondary N) is 2. The third kappa shape index (κ3) is 6.21. The number of anilines is 2. The molecule has 0 aliphatic carbocycles. The number of carbonyl (C=O) groups excluding carboxylic acids is 1. The lowest BCUT2D eigenvalue weighted by molar-refractivity contribution is 0.0383. The molecule has 1 fully saturated rings. The van der Waals surface area contributed by atoms with E-state index in [1.165, 1.54) is 0 Å². The van der Waals surface area contributed by atoms with E-state index < -0.39 is 0 Å². The van der Waals surface area contributed by atoms with Gasteiger partial charge < -0.3 is 20.1 Å². The quantitative estimate of drug-likeness (QED) is 0.729. The molecular weight excluding hydrogens is 356 g/mol. The van der Waals surface area contributed by atoms with Crippen LogP contribution >= 0.6 is 0 Å². The number of amides is 1. The Kier molecular flexibility index (Phi) is 7.22. The van der Waals surface area contributed by atoms with Crippen LogP contribution in [0.25, 0.3) is 0 Å². The lowest BCUT2D eigenvalue weighted by atomic mass is 10.2. The van der Waals surface area contributed by atoms with Gasteiger partial charge in [0.25, 0.3) is 5.91 Å². The fourth-order valence-electron chi connectivity index (χ4n) is 2.94. The predicted molar refractivity (Wildman–Crippen MR) is 109 cm³/mol. The van der Waals surface area contributed by atoms with Crippen molar-refractivity contribution in [3.63, 3.8) is 0 Å². The first-order valence-electron chi connectivity index (χ1n) is 9.67. The summed E-state index contributed by atoms with van der Waals surface area (Å²) in [4.78, 5) is 18.9. The number of carbonyl (C=O) groups is 1. The van der Waals surface area contributed by atoms with Crippen LogP contribution in [0.4, 0.5) is 11.4 Å². The van der Waals surface area contributed by atoms with Crippen LogP contribution in [0.1, 0.15) is 24.2 Å². The molecule has 7 nitrogen and oxygen atoms in total. The van der Waals surface area contributed by atoms with Crippen molar-refractivity contribution >= 4 is 17.3 Å². The zero-order valence-electron chi connectivity index (χ0n) is 16.5. The molecule has 1 aromatic heterocycles. The summed E-state index contributed by atoms with van der Waals surface area (Å²) >= 11 is 0. The SMILES string of the molecule is CC(C)Oc1ccc(Nc2cncc(C(=O)NCCN3CCOCC3)c2)cc1. The fourth-order valence-corrected chi connectivity index (χ4v) is 2.94. The Labute approximate surface area is 166 Å². The third-order valence-corrected chi connectivity index (χ3v) is 4.33. The molecule has 0 bridgehead atoms. The summed E-state index contributed by atoms with van der Waals surface area (Å²) in [6.07, 6.45) is 3.42. The van der Waals surface area contributed by atoms with Crippen molar-refractivity contribution in [2.24, 2.45) is 0 Å². The normalized spacial score (nSPS) is 14.7. The van der Waals surface area contributed by atoms with E-state index >= 15 is 0 Å². The molecule has 0 atom stereocenters. The first kappa shape index (κ1) is 20.1. The minimum absolute atomic E-state index is 0.120. The van der Waals surface area contributed by atoms with Crippen molar-refractivity contribution in [1.29, 1.82) is 0 Å². The monoisotopic (exact) mass is 384 g/mol. The van der Waals surface area contributed by atoms with Crippen LogP contribution in [0.3, 0.4) is 0 Å². The van der Waals surface area contributed by atoms with Crippen molar-refractivity contribution in [2.45, 2.75) is 20.0 Å². The molecule has 0 unspecified atom stereocenters. The van der Waals surface area contributed by atoms with Gasteiger partial charge in [-0.05, 0) is 44.2 Å². The highest BCUT2D eigenvalue weighted by atomic mass is 16.5. The summed E-state index contributed by atoms with van der Waals surface area (Å²) in [5.41, 5.74) is 2.20. The number of nitrogens with zero attached hydrogens (tertiary/aromatic N) is 2. The van der Waals surface area contributed by atoms with Gasteiger partial charge in [0.05, 0.1) is 36.8 Å². The van der Waals surface area contributed by atoms with Gasteiger partial charge >= 0.3 is 0 Å². The van der Waals surface area contributed by atoms with Gasteiger partial charge in [0.15, 0.2) is 0 Å². The average Bonchev–Trinajstić information content (AvgIpc) is 2.70. The van der Waals surface area contributed by atoms with Gasteiger partial charge in [-0.15, -0.1) is 0 Å². The summed E-state index contributed by atoms with van der Waals surface area (Å²) in [7, 11) is 0. The van der Waals surface area contributed by atoms with E-state index in [0.29, 0.717) is 12.1 Å². The second kappa shape index (κ2) is 10.1. The molecule has 2 heterocycles. The van der Waals surface area contributed by atoms with Gasteiger partial charge in [-0.2, -0.15) is 0 Å². The lowest BCUT2D eigenvalue weighted by Crippen LogP contribution is -2.41. The van der Waals surface area contributed by atoms with E-state index in [2.05, 4.69) is 20.5 Å². The number of ether oxygens (including phenoxy) is 2. The zero-order chi connectivity index (χ0) is 19.8. The minimum atomic E-state index is -0.120. The highest BCUT2D eigenvalue weighted by Gasteiger charge is 2.11. The first-order chi connectivity index (χ1) is 13.6. The zero-order valence-corrected chi connectivity index (χ0v) is 16.5. The number of hydrogen-bond donors (Lipinski definition) is 2. The summed E-state index contributed by atoms with van der Waals surface area (Å²) in [5.74, 6) is 0.706. The molecule has 0 saturated carbocycles. The highest BCUT2D eigenvalue weighted by Crippen LogP contribution is 2.21. The topological polar surface area (TPSA) is 75.7 Å². The Morgan fingerprint density at radius 3 is 2.64 bits per heavy atom. The van der Waals surface area contributed by atoms with Gasteiger partial charge in [-0.3, -0.25) is 14.7 Å². The molecule has 0 spiro atoms. The van der Waals surface area contributed by atoms with Gasteiger partial charge in [-0.1, -0.05) is 0 Å². The summed E-state index contributed by atoms with van der Waals surface area (Å²) in [6.45, 7) is 8.77. The molecule has 2 aromatic rings. The molecule has 1 aliphatic rings. The highest BCUT2D eigenvalue weighted by molar-refractivity contribution is 5.94. The number of hydrogen-bond acceptors (Lipinski definition) is 6. The van der Waals surface area contributed by atoms with Gasteiger partial charge in [0.2, 0.25) is 0 Å². The maximum atomic E-state index is 12.4. The molecule has 1 aromatic carbocycles. The minimum Gasteiger partial charge on any atom is -0.491 e. The van der Waals surface area contributed by atoms with Crippen LogP contribution in [0.15, 0.2) is 42.7 Å². The van der Waals surface area contributed by atoms with E-state index in [1.54, 1.807) is 18.5 Å². The average molecular weight is 384 g/mol. The van der Waals surface area contributed by atoms with Crippen molar-refractivity contribution in [3.05, 3.63) is 48.3 Å². The van der Waals surface area contributed by atoms with Crippen molar-refractivity contribution in [3.8, 4) is 5.75 Å². The van der Waals surface area contributed by atoms with Crippen LogP contribution in [0.2, 0.25) is 0 Å². The number of rotatable bonds is 8. The molecule has 3 rings (SSSR count). The number of benzene rings is 1. The number of morpholine rings is 1. The number of aromatic nitrogens is 1. The fraction of sp³-hybridized carbons (Fsp3) is 0.429. The molecule has 150 valence electrons. The molecule has 7 heteroatoms. The molecule has 0 radical (unpaired) electrons. The third-order valence-electron chi connectivity index (χ3n) is 4.33. The Morgan fingerprint density at radius 1 is 1.18 bits per heavy atom. The van der Waals surface area contributed by atoms with Crippen LogP contribution in [0, 0.1) is 0 Å². The van der Waals surface area contributed by atoms with Crippen LogP contribution in [-0.2, 0) is 4.74 Å². The Bertz CT molecular complexity index is 759. The smallest absolute Gasteiger partial charge is 0.252 e. The number of pyridine rings is 1. The summed E-state index contributed by atoms with van der Waals surface area (Å²) < 4.78 is 11.0. The van der Waals surface area contributed by atoms with E-state index in [1.807, 2.05) is 38.1 Å².